The Hall–Kier alpha value is -2.74. The van der Waals surface area contributed by atoms with Gasteiger partial charge in [-0.15, -0.1) is 11.3 Å². The molecular formula is C20H25N5O2S. The van der Waals surface area contributed by atoms with Crippen molar-refractivity contribution in [1.29, 1.82) is 0 Å². The molecule has 148 valence electrons. The van der Waals surface area contributed by atoms with E-state index in [1.807, 2.05) is 51.4 Å². The summed E-state index contributed by atoms with van der Waals surface area (Å²) in [5, 5.41) is 7.15. The van der Waals surface area contributed by atoms with Crippen LogP contribution in [0.4, 0.5) is 0 Å². The number of thiophene rings is 1. The fraction of sp³-hybridized carbons (Fsp3) is 0.400. The van der Waals surface area contributed by atoms with Gasteiger partial charge in [0.05, 0.1) is 33.8 Å². The second kappa shape index (κ2) is 8.10. The molecule has 0 bridgehead atoms. The molecule has 0 aromatic carbocycles. The number of carbonyl (C=O) groups excluding carboxylic acids is 2. The Morgan fingerprint density at radius 3 is 2.57 bits per heavy atom. The van der Waals surface area contributed by atoms with Crippen LogP contribution in [0.15, 0.2) is 23.6 Å². The van der Waals surface area contributed by atoms with Crippen LogP contribution in [0.1, 0.15) is 29.9 Å². The predicted octanol–water partition coefficient (Wildman–Crippen LogP) is 2.95. The van der Waals surface area contributed by atoms with Crippen LogP contribution in [-0.2, 0) is 11.8 Å². The molecule has 0 saturated carbocycles. The Morgan fingerprint density at radius 1 is 1.25 bits per heavy atom. The zero-order valence-electron chi connectivity index (χ0n) is 16.9. The topological polar surface area (TPSA) is 71.3 Å². The standard InChI is InChI=1S/C20H25N5O2S/c1-6-25(7-2)17(26)12-23(4)20(27)14-11-15(16-9-8-10-28-16)21-19-18(14)13(3)22-24(19)5/h8-11H,6-7,12H2,1-5H3. The molecule has 3 aromatic rings. The number of likely N-dealkylation sites (N-methyl/N-ethyl adjacent to an activating group) is 2. The Kier molecular flexibility index (Phi) is 5.79. The first-order chi connectivity index (χ1) is 13.4. The van der Waals surface area contributed by atoms with Gasteiger partial charge in [-0.2, -0.15) is 5.10 Å². The lowest BCUT2D eigenvalue weighted by atomic mass is 10.1. The maximum atomic E-state index is 13.3. The van der Waals surface area contributed by atoms with Gasteiger partial charge in [0, 0.05) is 27.2 Å². The van der Waals surface area contributed by atoms with Crippen LogP contribution in [0.2, 0.25) is 0 Å². The lowest BCUT2D eigenvalue weighted by molar-refractivity contribution is -0.131. The van der Waals surface area contributed by atoms with Crippen molar-refractivity contribution in [2.75, 3.05) is 26.7 Å². The Labute approximate surface area is 168 Å². The monoisotopic (exact) mass is 399 g/mol. The van der Waals surface area contributed by atoms with Gasteiger partial charge in [-0.25, -0.2) is 4.98 Å². The number of rotatable bonds is 6. The van der Waals surface area contributed by atoms with E-state index in [1.165, 1.54) is 4.90 Å². The van der Waals surface area contributed by atoms with Gasteiger partial charge in [0.1, 0.15) is 0 Å². The van der Waals surface area contributed by atoms with E-state index in [9.17, 15) is 9.59 Å². The van der Waals surface area contributed by atoms with Crippen LogP contribution in [0.3, 0.4) is 0 Å². The number of carbonyl (C=O) groups is 2. The molecule has 0 atom stereocenters. The second-order valence-electron chi connectivity index (χ2n) is 6.67. The fourth-order valence-electron chi connectivity index (χ4n) is 3.32. The first-order valence-corrected chi connectivity index (χ1v) is 10.2. The molecular weight excluding hydrogens is 374 g/mol. The molecule has 3 heterocycles. The van der Waals surface area contributed by atoms with Crippen molar-refractivity contribution in [2.45, 2.75) is 20.8 Å². The maximum absolute atomic E-state index is 13.3. The van der Waals surface area contributed by atoms with Gasteiger partial charge >= 0.3 is 0 Å². The Bertz CT molecular complexity index is 1010. The summed E-state index contributed by atoms with van der Waals surface area (Å²) in [6.07, 6.45) is 0. The van der Waals surface area contributed by atoms with Crippen molar-refractivity contribution in [1.82, 2.24) is 24.6 Å². The molecule has 0 unspecified atom stereocenters. The number of amides is 2. The third kappa shape index (κ3) is 3.64. The first-order valence-electron chi connectivity index (χ1n) is 9.28. The van der Waals surface area contributed by atoms with Gasteiger partial charge in [0.15, 0.2) is 5.65 Å². The smallest absolute Gasteiger partial charge is 0.254 e. The van der Waals surface area contributed by atoms with E-state index < -0.39 is 0 Å². The third-order valence-corrected chi connectivity index (χ3v) is 5.70. The zero-order valence-corrected chi connectivity index (χ0v) is 17.7. The first kappa shape index (κ1) is 20.0. The van der Waals surface area contributed by atoms with Crippen LogP contribution in [0.5, 0.6) is 0 Å². The number of pyridine rings is 1. The minimum atomic E-state index is -0.207. The third-order valence-electron chi connectivity index (χ3n) is 4.81. The molecule has 0 aliphatic rings. The van der Waals surface area contributed by atoms with Crippen molar-refractivity contribution >= 4 is 34.2 Å². The van der Waals surface area contributed by atoms with Crippen LogP contribution in [0, 0.1) is 6.92 Å². The lowest BCUT2D eigenvalue weighted by Crippen LogP contribution is -2.41. The van der Waals surface area contributed by atoms with E-state index in [2.05, 4.69) is 5.10 Å². The minimum absolute atomic E-state index is 0.0397. The molecule has 0 spiro atoms. The van der Waals surface area contributed by atoms with E-state index in [4.69, 9.17) is 4.98 Å². The highest BCUT2D eigenvalue weighted by Gasteiger charge is 2.24. The van der Waals surface area contributed by atoms with Gasteiger partial charge in [-0.3, -0.25) is 14.3 Å². The number of hydrogen-bond acceptors (Lipinski definition) is 5. The number of nitrogens with zero attached hydrogens (tertiary/aromatic N) is 5. The summed E-state index contributed by atoms with van der Waals surface area (Å²) >= 11 is 1.57. The summed E-state index contributed by atoms with van der Waals surface area (Å²) in [5.74, 6) is -0.269. The van der Waals surface area contributed by atoms with Crippen molar-refractivity contribution < 1.29 is 9.59 Å². The van der Waals surface area contributed by atoms with E-state index in [0.717, 1.165) is 21.7 Å². The van der Waals surface area contributed by atoms with Crippen LogP contribution in [-0.4, -0.2) is 63.1 Å². The molecule has 0 N–H and O–H groups in total. The fourth-order valence-corrected chi connectivity index (χ4v) is 4.01. The lowest BCUT2D eigenvalue weighted by Gasteiger charge is -2.23. The van der Waals surface area contributed by atoms with Gasteiger partial charge < -0.3 is 9.80 Å². The molecule has 7 nitrogen and oxygen atoms in total. The molecule has 8 heteroatoms. The molecule has 0 aliphatic carbocycles. The summed E-state index contributed by atoms with van der Waals surface area (Å²) in [6.45, 7) is 7.02. The average molecular weight is 400 g/mol. The molecule has 3 aromatic heterocycles. The predicted molar refractivity (Wildman–Crippen MR) is 111 cm³/mol. The van der Waals surface area contributed by atoms with Crippen LogP contribution in [0.25, 0.3) is 21.6 Å². The number of aromatic nitrogens is 3. The van der Waals surface area contributed by atoms with Crippen molar-refractivity contribution in [2.24, 2.45) is 7.05 Å². The molecule has 0 aliphatic heterocycles. The highest BCUT2D eigenvalue weighted by Crippen LogP contribution is 2.29. The minimum Gasteiger partial charge on any atom is -0.342 e. The van der Waals surface area contributed by atoms with E-state index >= 15 is 0 Å². The van der Waals surface area contributed by atoms with Crippen molar-refractivity contribution in [3.63, 3.8) is 0 Å². The second-order valence-corrected chi connectivity index (χ2v) is 7.61. The SMILES string of the molecule is CCN(CC)C(=O)CN(C)C(=O)c1cc(-c2cccs2)nc2c1c(C)nn2C. The van der Waals surface area contributed by atoms with Crippen LogP contribution >= 0.6 is 11.3 Å². The summed E-state index contributed by atoms with van der Waals surface area (Å²) in [7, 11) is 3.48. The normalized spacial score (nSPS) is 11.0. The molecule has 0 fully saturated rings. The average Bonchev–Trinajstić information content (AvgIpc) is 3.30. The Morgan fingerprint density at radius 2 is 1.96 bits per heavy atom. The highest BCUT2D eigenvalue weighted by atomic mass is 32.1. The van der Waals surface area contributed by atoms with Crippen molar-refractivity contribution in [3.05, 3.63) is 34.8 Å². The molecule has 2 amide bonds. The summed E-state index contributed by atoms with van der Waals surface area (Å²) in [5.41, 5.74) is 2.66. The van der Waals surface area contributed by atoms with Gasteiger partial charge in [0.2, 0.25) is 5.91 Å². The summed E-state index contributed by atoms with van der Waals surface area (Å²) in [4.78, 5) is 34.6. The van der Waals surface area contributed by atoms with Crippen LogP contribution < -0.4 is 0 Å². The van der Waals surface area contributed by atoms with E-state index in [-0.39, 0.29) is 18.4 Å². The molecule has 0 saturated heterocycles. The van der Waals surface area contributed by atoms with Gasteiger partial charge in [-0.05, 0) is 38.3 Å². The van der Waals surface area contributed by atoms with E-state index in [1.54, 1.807) is 28.0 Å². The number of aryl methyl sites for hydroxylation is 2. The highest BCUT2D eigenvalue weighted by molar-refractivity contribution is 7.13. The number of fused-ring (bicyclic) bond motifs is 1. The quantitative estimate of drug-likeness (QED) is 0.639. The Balaban J connectivity index is 2.03. The largest absolute Gasteiger partial charge is 0.342 e. The van der Waals surface area contributed by atoms with Gasteiger partial charge in [-0.1, -0.05) is 6.07 Å². The molecule has 0 radical (unpaired) electrons. The molecule has 3 rings (SSSR count). The maximum Gasteiger partial charge on any atom is 0.254 e. The summed E-state index contributed by atoms with van der Waals surface area (Å²) in [6, 6.07) is 5.74. The number of hydrogen-bond donors (Lipinski definition) is 0. The molecule has 28 heavy (non-hydrogen) atoms. The van der Waals surface area contributed by atoms with Crippen molar-refractivity contribution in [3.8, 4) is 10.6 Å². The summed E-state index contributed by atoms with van der Waals surface area (Å²) < 4.78 is 1.69. The zero-order chi connectivity index (χ0) is 20.4. The van der Waals surface area contributed by atoms with Gasteiger partial charge in [0.25, 0.3) is 5.91 Å². The van der Waals surface area contributed by atoms with E-state index in [0.29, 0.717) is 24.3 Å².